The molecule has 0 heterocycles. The molecule has 0 saturated carbocycles. The van der Waals surface area contributed by atoms with Crippen LogP contribution in [0.25, 0.3) is 0 Å². The van der Waals surface area contributed by atoms with E-state index in [-0.39, 0.29) is 6.42 Å². The SMILES string of the molecule is COC(=O)C[C@@H](O)c1ccc(C(C)C)cc1. The third kappa shape index (κ3) is 3.35. The summed E-state index contributed by atoms with van der Waals surface area (Å²) in [6.07, 6.45) is -0.786. The van der Waals surface area contributed by atoms with Crippen LogP contribution in [-0.2, 0) is 9.53 Å². The van der Waals surface area contributed by atoms with Crippen molar-refractivity contribution in [1.82, 2.24) is 0 Å². The number of aliphatic hydroxyl groups excluding tert-OH is 1. The second-order valence-corrected chi connectivity index (χ2v) is 4.12. The number of methoxy groups -OCH3 is 1. The number of hydrogen-bond acceptors (Lipinski definition) is 3. The molecular weight excluding hydrogens is 204 g/mol. The molecule has 0 bridgehead atoms. The summed E-state index contributed by atoms with van der Waals surface area (Å²) < 4.78 is 4.51. The molecule has 0 amide bonds. The van der Waals surface area contributed by atoms with Crippen molar-refractivity contribution in [3.63, 3.8) is 0 Å². The number of carbonyl (C=O) groups excluding carboxylic acids is 1. The van der Waals surface area contributed by atoms with Crippen LogP contribution in [0.3, 0.4) is 0 Å². The summed E-state index contributed by atoms with van der Waals surface area (Å²) in [5, 5.41) is 9.75. The van der Waals surface area contributed by atoms with Gasteiger partial charge in [-0.1, -0.05) is 38.1 Å². The van der Waals surface area contributed by atoms with Gasteiger partial charge in [0.1, 0.15) is 0 Å². The fraction of sp³-hybridized carbons (Fsp3) is 0.462. The van der Waals surface area contributed by atoms with Crippen molar-refractivity contribution in [1.29, 1.82) is 0 Å². The van der Waals surface area contributed by atoms with Gasteiger partial charge in [0.05, 0.1) is 19.6 Å². The van der Waals surface area contributed by atoms with Gasteiger partial charge in [-0.3, -0.25) is 4.79 Å². The highest BCUT2D eigenvalue weighted by atomic mass is 16.5. The molecule has 1 rings (SSSR count). The van der Waals surface area contributed by atoms with Crippen LogP contribution in [0.5, 0.6) is 0 Å². The highest BCUT2D eigenvalue weighted by molar-refractivity contribution is 5.70. The zero-order valence-electron chi connectivity index (χ0n) is 9.93. The molecule has 1 aromatic carbocycles. The molecule has 0 saturated heterocycles. The molecule has 88 valence electrons. The van der Waals surface area contributed by atoms with Crippen molar-refractivity contribution in [2.75, 3.05) is 7.11 Å². The number of hydrogen-bond donors (Lipinski definition) is 1. The minimum atomic E-state index is -0.784. The maximum atomic E-state index is 11.0. The standard InChI is InChI=1S/C13H18O3/c1-9(2)10-4-6-11(7-5-10)12(14)8-13(15)16-3/h4-7,9,12,14H,8H2,1-3H3/t12-/m1/s1. The monoisotopic (exact) mass is 222 g/mol. The van der Waals surface area contributed by atoms with Gasteiger partial charge < -0.3 is 9.84 Å². The van der Waals surface area contributed by atoms with Crippen molar-refractivity contribution in [2.24, 2.45) is 0 Å². The number of esters is 1. The van der Waals surface area contributed by atoms with Gasteiger partial charge in [-0.15, -0.1) is 0 Å². The van der Waals surface area contributed by atoms with Crippen LogP contribution in [0.2, 0.25) is 0 Å². The molecule has 1 atom stereocenters. The van der Waals surface area contributed by atoms with E-state index in [2.05, 4.69) is 18.6 Å². The fourth-order valence-electron chi connectivity index (χ4n) is 1.46. The molecule has 1 N–H and O–H groups in total. The van der Waals surface area contributed by atoms with E-state index in [0.29, 0.717) is 5.92 Å². The van der Waals surface area contributed by atoms with Crippen LogP contribution in [0.1, 0.15) is 43.4 Å². The summed E-state index contributed by atoms with van der Waals surface area (Å²) in [4.78, 5) is 11.0. The summed E-state index contributed by atoms with van der Waals surface area (Å²) in [6.45, 7) is 4.22. The van der Waals surface area contributed by atoms with Gasteiger partial charge in [0.2, 0.25) is 0 Å². The highest BCUT2D eigenvalue weighted by Crippen LogP contribution is 2.20. The van der Waals surface area contributed by atoms with E-state index < -0.39 is 12.1 Å². The smallest absolute Gasteiger partial charge is 0.308 e. The molecular formula is C13H18O3. The quantitative estimate of drug-likeness (QED) is 0.796. The molecule has 0 aromatic heterocycles. The molecule has 3 nitrogen and oxygen atoms in total. The maximum absolute atomic E-state index is 11.0. The highest BCUT2D eigenvalue weighted by Gasteiger charge is 2.13. The van der Waals surface area contributed by atoms with Gasteiger partial charge >= 0.3 is 5.97 Å². The average Bonchev–Trinajstić information content (AvgIpc) is 2.28. The van der Waals surface area contributed by atoms with Gasteiger partial charge in [-0.2, -0.15) is 0 Å². The Kier molecular flexibility index (Phi) is 4.50. The molecule has 0 spiro atoms. The number of carbonyl (C=O) groups is 1. The predicted molar refractivity (Wildman–Crippen MR) is 62.1 cm³/mol. The van der Waals surface area contributed by atoms with Crippen molar-refractivity contribution in [3.8, 4) is 0 Å². The van der Waals surface area contributed by atoms with Crippen LogP contribution in [0.15, 0.2) is 24.3 Å². The zero-order valence-corrected chi connectivity index (χ0v) is 9.93. The Bertz CT molecular complexity index is 341. The minimum Gasteiger partial charge on any atom is -0.469 e. The van der Waals surface area contributed by atoms with Crippen LogP contribution in [0, 0.1) is 0 Å². The first-order chi connectivity index (χ1) is 7.54. The Morgan fingerprint density at radius 1 is 1.25 bits per heavy atom. The van der Waals surface area contributed by atoms with E-state index in [1.165, 1.54) is 12.7 Å². The minimum absolute atomic E-state index is 0.00246. The number of aliphatic hydroxyl groups is 1. The van der Waals surface area contributed by atoms with E-state index in [0.717, 1.165) is 5.56 Å². The first-order valence-corrected chi connectivity index (χ1v) is 5.39. The second kappa shape index (κ2) is 5.66. The van der Waals surface area contributed by atoms with E-state index in [1.54, 1.807) is 0 Å². The normalized spacial score (nSPS) is 12.6. The third-order valence-corrected chi connectivity index (χ3v) is 2.58. The molecule has 0 aliphatic rings. The van der Waals surface area contributed by atoms with Crippen molar-refractivity contribution in [3.05, 3.63) is 35.4 Å². The Labute approximate surface area is 96.1 Å². The van der Waals surface area contributed by atoms with E-state index in [4.69, 9.17) is 0 Å². The first-order valence-electron chi connectivity index (χ1n) is 5.39. The number of benzene rings is 1. The topological polar surface area (TPSA) is 46.5 Å². The van der Waals surface area contributed by atoms with Gasteiger partial charge in [-0.25, -0.2) is 0 Å². The Morgan fingerprint density at radius 3 is 2.19 bits per heavy atom. The van der Waals surface area contributed by atoms with E-state index in [1.807, 2.05) is 24.3 Å². The summed E-state index contributed by atoms with van der Waals surface area (Å²) in [5.74, 6) is 0.0623. The van der Waals surface area contributed by atoms with Crippen molar-refractivity contribution < 1.29 is 14.6 Å². The van der Waals surface area contributed by atoms with E-state index >= 15 is 0 Å². The summed E-state index contributed by atoms with van der Waals surface area (Å²) in [5.41, 5.74) is 1.96. The molecule has 3 heteroatoms. The fourth-order valence-corrected chi connectivity index (χ4v) is 1.46. The summed E-state index contributed by atoms with van der Waals surface area (Å²) in [6, 6.07) is 7.65. The lowest BCUT2D eigenvalue weighted by molar-refractivity contribution is -0.142. The Balaban J connectivity index is 2.70. The van der Waals surface area contributed by atoms with E-state index in [9.17, 15) is 9.90 Å². The van der Waals surface area contributed by atoms with Gasteiger partial charge in [0, 0.05) is 0 Å². The predicted octanol–water partition coefficient (Wildman–Crippen LogP) is 2.41. The van der Waals surface area contributed by atoms with Crippen molar-refractivity contribution in [2.45, 2.75) is 32.3 Å². The maximum Gasteiger partial charge on any atom is 0.308 e. The molecule has 0 aliphatic carbocycles. The first kappa shape index (κ1) is 12.7. The molecule has 1 aromatic rings. The second-order valence-electron chi connectivity index (χ2n) is 4.12. The summed E-state index contributed by atoms with van der Waals surface area (Å²) >= 11 is 0. The molecule has 16 heavy (non-hydrogen) atoms. The average molecular weight is 222 g/mol. The Morgan fingerprint density at radius 2 is 1.75 bits per heavy atom. The Hall–Kier alpha value is -1.35. The van der Waals surface area contributed by atoms with Crippen molar-refractivity contribution >= 4 is 5.97 Å². The van der Waals surface area contributed by atoms with Crippen LogP contribution < -0.4 is 0 Å². The van der Waals surface area contributed by atoms with Crippen LogP contribution in [0.4, 0.5) is 0 Å². The lowest BCUT2D eigenvalue weighted by Crippen LogP contribution is -2.08. The number of rotatable bonds is 4. The summed E-state index contributed by atoms with van der Waals surface area (Å²) in [7, 11) is 1.32. The van der Waals surface area contributed by atoms with Crippen LogP contribution >= 0.6 is 0 Å². The number of ether oxygens (including phenoxy) is 1. The van der Waals surface area contributed by atoms with Gasteiger partial charge in [0.25, 0.3) is 0 Å². The van der Waals surface area contributed by atoms with Gasteiger partial charge in [-0.05, 0) is 17.0 Å². The largest absolute Gasteiger partial charge is 0.469 e. The van der Waals surface area contributed by atoms with Crippen LogP contribution in [-0.4, -0.2) is 18.2 Å². The molecule has 0 fully saturated rings. The lowest BCUT2D eigenvalue weighted by Gasteiger charge is -2.11. The molecule has 0 radical (unpaired) electrons. The molecule has 0 aliphatic heterocycles. The lowest BCUT2D eigenvalue weighted by atomic mass is 9.99. The van der Waals surface area contributed by atoms with Gasteiger partial charge in [0.15, 0.2) is 0 Å². The zero-order chi connectivity index (χ0) is 12.1. The third-order valence-electron chi connectivity index (χ3n) is 2.58. The molecule has 0 unspecified atom stereocenters.